The average Bonchev–Trinajstić information content (AvgIpc) is 3.21. The minimum absolute atomic E-state index is 0.0461. The zero-order chi connectivity index (χ0) is 19.2. The van der Waals surface area contributed by atoms with E-state index in [4.69, 9.17) is 0 Å². The van der Waals surface area contributed by atoms with Crippen LogP contribution in [0.4, 0.5) is 5.69 Å². The Kier molecular flexibility index (Phi) is 6.50. The normalized spacial score (nSPS) is 17.5. The number of nitrogens with zero attached hydrogens (tertiary/aromatic N) is 4. The predicted molar refractivity (Wildman–Crippen MR) is 109 cm³/mol. The lowest BCUT2D eigenvalue weighted by molar-refractivity contribution is -0.124. The molecule has 146 valence electrons. The molecule has 1 amide bonds. The molecule has 0 bridgehead atoms. The Bertz CT molecular complexity index is 722. The van der Waals surface area contributed by atoms with Crippen molar-refractivity contribution in [2.45, 2.75) is 39.3 Å². The molecular weight excluding hydrogens is 338 g/mol. The molecule has 0 aliphatic carbocycles. The highest BCUT2D eigenvalue weighted by Gasteiger charge is 2.19. The standard InChI is InChI=1S/C21H31N5O/c1-17-5-4-6-20(15-17)25-13-11-24(12-14-25)9-7-18(2)23-21(27)19(3)26-10-8-22-16-26/h4-6,8,10,15-16,18-19H,7,9,11-14H2,1-3H3,(H,23,27)/t18-,19+/m0/s1. The number of imidazole rings is 1. The summed E-state index contributed by atoms with van der Waals surface area (Å²) in [7, 11) is 0. The van der Waals surface area contributed by atoms with E-state index in [1.807, 2.05) is 17.7 Å². The molecule has 6 nitrogen and oxygen atoms in total. The third-order valence-electron chi connectivity index (χ3n) is 5.36. The lowest BCUT2D eigenvalue weighted by Gasteiger charge is -2.36. The molecule has 0 radical (unpaired) electrons. The fourth-order valence-electron chi connectivity index (χ4n) is 3.50. The van der Waals surface area contributed by atoms with Crippen LogP contribution in [0.15, 0.2) is 43.0 Å². The van der Waals surface area contributed by atoms with Crippen molar-refractivity contribution in [1.82, 2.24) is 19.8 Å². The van der Waals surface area contributed by atoms with Gasteiger partial charge < -0.3 is 14.8 Å². The number of aryl methyl sites for hydroxylation is 1. The second-order valence-electron chi connectivity index (χ2n) is 7.55. The Morgan fingerprint density at radius 2 is 2.00 bits per heavy atom. The van der Waals surface area contributed by atoms with E-state index in [-0.39, 0.29) is 18.0 Å². The number of benzene rings is 1. The van der Waals surface area contributed by atoms with E-state index in [0.29, 0.717) is 0 Å². The fraction of sp³-hybridized carbons (Fsp3) is 0.524. The molecule has 1 saturated heterocycles. The number of anilines is 1. The molecule has 0 spiro atoms. The first-order valence-corrected chi connectivity index (χ1v) is 9.84. The van der Waals surface area contributed by atoms with Crippen molar-refractivity contribution in [3.05, 3.63) is 48.5 Å². The van der Waals surface area contributed by atoms with Gasteiger partial charge in [-0.05, 0) is 44.9 Å². The van der Waals surface area contributed by atoms with E-state index >= 15 is 0 Å². The van der Waals surface area contributed by atoms with Gasteiger partial charge in [-0.3, -0.25) is 9.69 Å². The third-order valence-corrected chi connectivity index (χ3v) is 5.36. The van der Waals surface area contributed by atoms with Crippen molar-refractivity contribution in [2.75, 3.05) is 37.6 Å². The molecule has 0 unspecified atom stereocenters. The predicted octanol–water partition coefficient (Wildman–Crippen LogP) is 2.47. The maximum absolute atomic E-state index is 12.4. The minimum atomic E-state index is -0.229. The van der Waals surface area contributed by atoms with Gasteiger partial charge in [-0.1, -0.05) is 12.1 Å². The second kappa shape index (κ2) is 9.04. The van der Waals surface area contributed by atoms with Crippen LogP contribution in [0.1, 0.15) is 31.9 Å². The Balaban J connectivity index is 1.39. The first-order chi connectivity index (χ1) is 13.0. The van der Waals surface area contributed by atoms with Gasteiger partial charge in [0.2, 0.25) is 5.91 Å². The Morgan fingerprint density at radius 1 is 1.22 bits per heavy atom. The topological polar surface area (TPSA) is 53.4 Å². The summed E-state index contributed by atoms with van der Waals surface area (Å²) in [6.45, 7) is 11.4. The van der Waals surface area contributed by atoms with Crippen molar-refractivity contribution in [1.29, 1.82) is 0 Å². The largest absolute Gasteiger partial charge is 0.369 e. The molecule has 1 aromatic carbocycles. The first kappa shape index (κ1) is 19.4. The summed E-state index contributed by atoms with van der Waals surface area (Å²) in [5.74, 6) is 0.0461. The van der Waals surface area contributed by atoms with Crippen LogP contribution in [0.3, 0.4) is 0 Å². The van der Waals surface area contributed by atoms with E-state index in [0.717, 1.165) is 39.1 Å². The van der Waals surface area contributed by atoms with Gasteiger partial charge in [-0.25, -0.2) is 4.98 Å². The molecule has 1 N–H and O–H groups in total. The molecule has 0 saturated carbocycles. The molecule has 2 atom stereocenters. The smallest absolute Gasteiger partial charge is 0.243 e. The van der Waals surface area contributed by atoms with E-state index in [9.17, 15) is 4.79 Å². The van der Waals surface area contributed by atoms with Crippen LogP contribution in [0.25, 0.3) is 0 Å². The minimum Gasteiger partial charge on any atom is -0.369 e. The maximum atomic E-state index is 12.4. The quantitative estimate of drug-likeness (QED) is 0.815. The molecular formula is C21H31N5O. The molecule has 2 aromatic rings. The van der Waals surface area contributed by atoms with Crippen LogP contribution in [0.5, 0.6) is 0 Å². The zero-order valence-electron chi connectivity index (χ0n) is 16.6. The summed E-state index contributed by atoms with van der Waals surface area (Å²) in [5, 5.41) is 3.12. The second-order valence-corrected chi connectivity index (χ2v) is 7.55. The first-order valence-electron chi connectivity index (χ1n) is 9.84. The van der Waals surface area contributed by atoms with E-state index in [1.165, 1.54) is 11.3 Å². The third kappa shape index (κ3) is 5.32. The number of carbonyl (C=O) groups is 1. The molecule has 1 aliphatic heterocycles. The van der Waals surface area contributed by atoms with Crippen molar-refractivity contribution in [2.24, 2.45) is 0 Å². The summed E-state index contributed by atoms with van der Waals surface area (Å²) >= 11 is 0. The van der Waals surface area contributed by atoms with Gasteiger partial charge in [0, 0.05) is 56.8 Å². The zero-order valence-corrected chi connectivity index (χ0v) is 16.6. The Hall–Kier alpha value is -2.34. The molecule has 2 heterocycles. The summed E-state index contributed by atoms with van der Waals surface area (Å²) in [5.41, 5.74) is 2.63. The van der Waals surface area contributed by atoms with Crippen LogP contribution < -0.4 is 10.2 Å². The van der Waals surface area contributed by atoms with Crippen LogP contribution in [0.2, 0.25) is 0 Å². The summed E-state index contributed by atoms with van der Waals surface area (Å²) in [6.07, 6.45) is 6.17. The highest BCUT2D eigenvalue weighted by atomic mass is 16.2. The van der Waals surface area contributed by atoms with Crippen molar-refractivity contribution >= 4 is 11.6 Å². The molecule has 27 heavy (non-hydrogen) atoms. The van der Waals surface area contributed by atoms with Gasteiger partial charge in [0.25, 0.3) is 0 Å². The number of rotatable bonds is 7. The molecule has 1 aliphatic rings. The summed E-state index contributed by atoms with van der Waals surface area (Å²) in [4.78, 5) is 21.3. The highest BCUT2D eigenvalue weighted by Crippen LogP contribution is 2.18. The lowest BCUT2D eigenvalue weighted by atomic mass is 10.1. The van der Waals surface area contributed by atoms with Gasteiger partial charge in [-0.2, -0.15) is 0 Å². The van der Waals surface area contributed by atoms with Crippen molar-refractivity contribution in [3.8, 4) is 0 Å². The maximum Gasteiger partial charge on any atom is 0.243 e. The van der Waals surface area contributed by atoms with Crippen LogP contribution in [-0.4, -0.2) is 59.1 Å². The number of amides is 1. The van der Waals surface area contributed by atoms with E-state index < -0.39 is 0 Å². The number of hydrogen-bond donors (Lipinski definition) is 1. The number of hydrogen-bond acceptors (Lipinski definition) is 4. The Morgan fingerprint density at radius 3 is 2.67 bits per heavy atom. The van der Waals surface area contributed by atoms with Crippen molar-refractivity contribution < 1.29 is 4.79 Å². The van der Waals surface area contributed by atoms with Crippen LogP contribution in [0, 0.1) is 6.92 Å². The van der Waals surface area contributed by atoms with Gasteiger partial charge in [0.1, 0.15) is 6.04 Å². The molecule has 3 rings (SSSR count). The number of carbonyl (C=O) groups excluding carboxylic acids is 1. The van der Waals surface area contributed by atoms with Crippen LogP contribution >= 0.6 is 0 Å². The summed E-state index contributed by atoms with van der Waals surface area (Å²) < 4.78 is 1.83. The SMILES string of the molecule is Cc1cccc(N2CCN(CC[C@H](C)NC(=O)[C@@H](C)n3ccnc3)CC2)c1. The lowest BCUT2D eigenvalue weighted by Crippen LogP contribution is -2.47. The summed E-state index contributed by atoms with van der Waals surface area (Å²) in [6, 6.07) is 8.66. The molecule has 1 fully saturated rings. The number of aromatic nitrogens is 2. The average molecular weight is 370 g/mol. The number of piperazine rings is 1. The molecule has 6 heteroatoms. The molecule has 1 aromatic heterocycles. The fourth-order valence-corrected chi connectivity index (χ4v) is 3.50. The number of nitrogens with one attached hydrogen (secondary N) is 1. The van der Waals surface area contributed by atoms with Gasteiger partial charge >= 0.3 is 0 Å². The monoisotopic (exact) mass is 369 g/mol. The van der Waals surface area contributed by atoms with Gasteiger partial charge in [-0.15, -0.1) is 0 Å². The van der Waals surface area contributed by atoms with Gasteiger partial charge in [0.15, 0.2) is 0 Å². The highest BCUT2D eigenvalue weighted by molar-refractivity contribution is 5.80. The van der Waals surface area contributed by atoms with E-state index in [1.54, 1.807) is 12.5 Å². The van der Waals surface area contributed by atoms with Gasteiger partial charge in [0.05, 0.1) is 6.33 Å². The van der Waals surface area contributed by atoms with E-state index in [2.05, 4.69) is 58.2 Å². The van der Waals surface area contributed by atoms with Crippen LogP contribution in [-0.2, 0) is 4.79 Å². The Labute approximate surface area is 162 Å². The van der Waals surface area contributed by atoms with Crippen molar-refractivity contribution in [3.63, 3.8) is 0 Å².